The van der Waals surface area contributed by atoms with Crippen LogP contribution >= 0.6 is 0 Å². The Balaban J connectivity index is 1.70. The van der Waals surface area contributed by atoms with Gasteiger partial charge in [0.25, 0.3) is 0 Å². The van der Waals surface area contributed by atoms with Crippen LogP contribution in [0, 0.1) is 28.6 Å². The summed E-state index contributed by atoms with van der Waals surface area (Å²) in [5.41, 5.74) is 5.50. The Morgan fingerprint density at radius 1 is 0.727 bits per heavy atom. The molecule has 0 unspecified atom stereocenters. The van der Waals surface area contributed by atoms with E-state index in [2.05, 4.69) is 62.4 Å². The average molecular weight is 441 g/mol. The summed E-state index contributed by atoms with van der Waals surface area (Å²) in [5, 5.41) is 20.0. The van der Waals surface area contributed by atoms with Crippen molar-refractivity contribution in [3.05, 3.63) is 58.7 Å². The lowest BCUT2D eigenvalue weighted by Crippen LogP contribution is -2.15. The fourth-order valence-electron chi connectivity index (χ4n) is 5.47. The van der Waals surface area contributed by atoms with Gasteiger partial charge in [0.15, 0.2) is 0 Å². The molecule has 0 N–H and O–H groups in total. The molecular formula is C31H40N2. The summed E-state index contributed by atoms with van der Waals surface area (Å²) in [6, 6.07) is 17.5. The first-order valence-electron chi connectivity index (χ1n) is 13.3. The van der Waals surface area contributed by atoms with Crippen LogP contribution in [-0.4, -0.2) is 0 Å². The van der Waals surface area contributed by atoms with Crippen molar-refractivity contribution in [3.8, 4) is 23.3 Å². The molecule has 0 aliphatic heterocycles. The second kappa shape index (κ2) is 13.2. The maximum Gasteiger partial charge on any atom is 0.101 e. The maximum atomic E-state index is 10.0. The normalized spacial score (nSPS) is 17.9. The van der Waals surface area contributed by atoms with E-state index >= 15 is 0 Å². The van der Waals surface area contributed by atoms with Crippen molar-refractivity contribution in [1.29, 1.82) is 10.5 Å². The highest BCUT2D eigenvalue weighted by atomic mass is 14.3. The minimum atomic E-state index is 0.411. The van der Waals surface area contributed by atoms with Gasteiger partial charge < -0.3 is 0 Å². The molecular weight excluding hydrogens is 400 g/mol. The van der Waals surface area contributed by atoms with Crippen LogP contribution in [0.15, 0.2) is 36.4 Å². The van der Waals surface area contributed by atoms with Crippen molar-refractivity contribution < 1.29 is 0 Å². The predicted octanol–water partition coefficient (Wildman–Crippen LogP) is 9.07. The van der Waals surface area contributed by atoms with Crippen molar-refractivity contribution >= 4 is 0 Å². The first-order chi connectivity index (χ1) is 16.2. The monoisotopic (exact) mass is 440 g/mol. The van der Waals surface area contributed by atoms with Gasteiger partial charge >= 0.3 is 0 Å². The standard InChI is InChI=1S/C31H40N2/c1-3-5-7-8-9-11-25-14-18-27(19-15-25)29-21-20-28(30(22-32)31(29)23-33)26-16-12-24(13-17-26)10-6-4-2/h12-13,16-17,20-21,25,27H,3-11,14-15,18-19H2,1-2H3/t25-,27-. The van der Waals surface area contributed by atoms with E-state index in [9.17, 15) is 10.5 Å². The molecule has 0 amide bonds. The number of nitriles is 2. The zero-order chi connectivity index (χ0) is 23.5. The lowest BCUT2D eigenvalue weighted by Gasteiger charge is -2.29. The van der Waals surface area contributed by atoms with Gasteiger partial charge in [-0.1, -0.05) is 95.2 Å². The van der Waals surface area contributed by atoms with Gasteiger partial charge in [-0.2, -0.15) is 10.5 Å². The average Bonchev–Trinajstić information content (AvgIpc) is 2.87. The first-order valence-corrected chi connectivity index (χ1v) is 13.3. The molecule has 3 rings (SSSR count). The van der Waals surface area contributed by atoms with Crippen molar-refractivity contribution in [2.75, 3.05) is 0 Å². The van der Waals surface area contributed by atoms with Gasteiger partial charge in [-0.25, -0.2) is 0 Å². The van der Waals surface area contributed by atoms with E-state index in [1.165, 1.54) is 69.8 Å². The number of hydrogen-bond acceptors (Lipinski definition) is 2. The van der Waals surface area contributed by atoms with Crippen LogP contribution in [0.4, 0.5) is 0 Å². The summed E-state index contributed by atoms with van der Waals surface area (Å²) in [4.78, 5) is 0. The van der Waals surface area contributed by atoms with E-state index in [0.29, 0.717) is 17.0 Å². The van der Waals surface area contributed by atoms with Crippen LogP contribution in [0.3, 0.4) is 0 Å². The number of aryl methyl sites for hydroxylation is 1. The molecule has 0 spiro atoms. The van der Waals surface area contributed by atoms with Crippen molar-refractivity contribution in [1.82, 2.24) is 0 Å². The highest BCUT2D eigenvalue weighted by Crippen LogP contribution is 2.41. The number of benzene rings is 2. The summed E-state index contributed by atoms with van der Waals surface area (Å²) in [7, 11) is 0. The molecule has 0 heterocycles. The van der Waals surface area contributed by atoms with Crippen LogP contribution < -0.4 is 0 Å². The van der Waals surface area contributed by atoms with Gasteiger partial charge in [0.2, 0.25) is 0 Å². The molecule has 174 valence electrons. The topological polar surface area (TPSA) is 47.6 Å². The van der Waals surface area contributed by atoms with E-state index in [1.807, 2.05) is 0 Å². The third-order valence-corrected chi connectivity index (χ3v) is 7.55. The Bertz CT molecular complexity index is 950. The Kier molecular flexibility index (Phi) is 10.0. The van der Waals surface area contributed by atoms with Crippen LogP contribution in [0.1, 0.15) is 119 Å². The third kappa shape index (κ3) is 6.71. The fourth-order valence-corrected chi connectivity index (χ4v) is 5.47. The fraction of sp³-hybridized carbons (Fsp3) is 0.548. The van der Waals surface area contributed by atoms with Gasteiger partial charge in [-0.15, -0.1) is 0 Å². The van der Waals surface area contributed by atoms with E-state index in [0.717, 1.165) is 41.9 Å². The van der Waals surface area contributed by atoms with Gasteiger partial charge in [-0.3, -0.25) is 0 Å². The smallest absolute Gasteiger partial charge is 0.101 e. The molecule has 0 atom stereocenters. The molecule has 33 heavy (non-hydrogen) atoms. The Morgan fingerprint density at radius 3 is 2.03 bits per heavy atom. The quantitative estimate of drug-likeness (QED) is 0.327. The Morgan fingerprint density at radius 2 is 1.39 bits per heavy atom. The Labute approximate surface area is 201 Å². The minimum Gasteiger partial charge on any atom is -0.192 e. The van der Waals surface area contributed by atoms with E-state index in [-0.39, 0.29) is 0 Å². The van der Waals surface area contributed by atoms with E-state index in [1.54, 1.807) is 0 Å². The van der Waals surface area contributed by atoms with E-state index in [4.69, 9.17) is 0 Å². The lowest BCUT2D eigenvalue weighted by molar-refractivity contribution is 0.301. The molecule has 0 bridgehead atoms. The molecule has 2 nitrogen and oxygen atoms in total. The molecule has 2 aromatic rings. The molecule has 2 heteroatoms. The predicted molar refractivity (Wildman–Crippen MR) is 138 cm³/mol. The second-order valence-corrected chi connectivity index (χ2v) is 9.90. The van der Waals surface area contributed by atoms with Crippen LogP contribution in [0.25, 0.3) is 11.1 Å². The second-order valence-electron chi connectivity index (χ2n) is 9.90. The number of unbranched alkanes of at least 4 members (excludes halogenated alkanes) is 5. The van der Waals surface area contributed by atoms with Crippen LogP contribution in [-0.2, 0) is 6.42 Å². The van der Waals surface area contributed by atoms with E-state index < -0.39 is 0 Å². The summed E-state index contributed by atoms with van der Waals surface area (Å²) in [6.07, 6.45) is 16.4. The summed E-state index contributed by atoms with van der Waals surface area (Å²) >= 11 is 0. The van der Waals surface area contributed by atoms with Gasteiger partial charge in [0.05, 0.1) is 11.1 Å². The molecule has 2 aromatic carbocycles. The molecule has 1 saturated carbocycles. The summed E-state index contributed by atoms with van der Waals surface area (Å²) in [5.74, 6) is 1.25. The number of hydrogen-bond donors (Lipinski definition) is 0. The Hall–Kier alpha value is -2.58. The largest absolute Gasteiger partial charge is 0.192 e. The zero-order valence-electron chi connectivity index (χ0n) is 20.7. The SMILES string of the molecule is CCCCCCC[C@H]1CC[C@H](c2ccc(-c3ccc(CCCC)cc3)c(C#N)c2C#N)CC1. The molecule has 1 aliphatic rings. The summed E-state index contributed by atoms with van der Waals surface area (Å²) < 4.78 is 0. The zero-order valence-corrected chi connectivity index (χ0v) is 20.7. The summed E-state index contributed by atoms with van der Waals surface area (Å²) in [6.45, 7) is 4.48. The molecule has 0 radical (unpaired) electrons. The van der Waals surface area contributed by atoms with Crippen molar-refractivity contribution in [2.45, 2.75) is 103 Å². The number of rotatable bonds is 11. The van der Waals surface area contributed by atoms with Gasteiger partial charge in [0, 0.05) is 5.56 Å². The highest BCUT2D eigenvalue weighted by molar-refractivity contribution is 5.75. The highest BCUT2D eigenvalue weighted by Gasteiger charge is 2.26. The van der Waals surface area contributed by atoms with Crippen molar-refractivity contribution in [3.63, 3.8) is 0 Å². The molecule has 0 aromatic heterocycles. The minimum absolute atomic E-state index is 0.411. The number of nitrogens with zero attached hydrogens (tertiary/aromatic N) is 2. The molecule has 1 fully saturated rings. The third-order valence-electron chi connectivity index (χ3n) is 7.55. The van der Waals surface area contributed by atoms with Gasteiger partial charge in [-0.05, 0) is 67.1 Å². The first kappa shape index (κ1) is 25.1. The van der Waals surface area contributed by atoms with Crippen molar-refractivity contribution in [2.24, 2.45) is 5.92 Å². The molecule has 1 aliphatic carbocycles. The van der Waals surface area contributed by atoms with Crippen LogP contribution in [0.5, 0.6) is 0 Å². The maximum absolute atomic E-state index is 10.0. The van der Waals surface area contributed by atoms with Crippen LogP contribution in [0.2, 0.25) is 0 Å². The van der Waals surface area contributed by atoms with Gasteiger partial charge in [0.1, 0.15) is 12.1 Å². The lowest BCUT2D eigenvalue weighted by atomic mass is 9.75. The molecule has 0 saturated heterocycles.